The number of hydrogen-bond acceptors (Lipinski definition) is 5. The van der Waals surface area contributed by atoms with Crippen molar-refractivity contribution in [3.05, 3.63) is 12.2 Å². The van der Waals surface area contributed by atoms with Crippen LogP contribution in [0.5, 0.6) is 0 Å². The largest absolute Gasteiger partial charge is 0.466 e. The summed E-state index contributed by atoms with van der Waals surface area (Å²) in [6.45, 7) is 4.97. The van der Waals surface area contributed by atoms with Gasteiger partial charge in [-0.05, 0) is 32.1 Å². The second kappa shape index (κ2) is 81.0. The molecule has 0 aromatic rings. The smallest absolute Gasteiger partial charge is 0.305 e. The Bertz CT molecular complexity index is 1380. The summed E-state index contributed by atoms with van der Waals surface area (Å²) in [5, 5.41) is 23.3. The number of ether oxygens (including phenoxy) is 1. The van der Waals surface area contributed by atoms with Crippen molar-refractivity contribution in [3.8, 4) is 0 Å². The molecule has 0 aliphatic rings. The Kier molecular flexibility index (Phi) is 79.8. The first-order valence-corrected chi connectivity index (χ1v) is 42.5. The lowest BCUT2D eigenvalue weighted by atomic mass is 10.0. The number of carbonyl (C=O) groups is 2. The van der Waals surface area contributed by atoms with Crippen LogP contribution >= 0.6 is 0 Å². The van der Waals surface area contributed by atoms with Crippen LogP contribution in [-0.4, -0.2) is 47.4 Å². The van der Waals surface area contributed by atoms with Crippen LogP contribution in [0.25, 0.3) is 0 Å². The van der Waals surface area contributed by atoms with Crippen molar-refractivity contribution < 1.29 is 24.5 Å². The fraction of sp³-hybridized carbons (Fsp3) is 0.953. The van der Waals surface area contributed by atoms with Gasteiger partial charge >= 0.3 is 5.97 Å². The molecule has 0 aliphatic heterocycles. The zero-order valence-electron chi connectivity index (χ0n) is 62.4. The quantitative estimate of drug-likeness (QED) is 0.0320. The number of allylic oxidation sites excluding steroid dienone is 1. The number of aliphatic hydroxyl groups is 2. The molecule has 3 N–H and O–H groups in total. The van der Waals surface area contributed by atoms with E-state index in [-0.39, 0.29) is 18.5 Å². The molecule has 0 radical (unpaired) electrons. The summed E-state index contributed by atoms with van der Waals surface area (Å²) in [6, 6.07) is -0.624. The molecule has 91 heavy (non-hydrogen) atoms. The molecule has 1 amide bonds. The first kappa shape index (κ1) is 89.6. The highest BCUT2D eigenvalue weighted by Gasteiger charge is 2.18. The molecule has 0 aliphatic carbocycles. The first-order valence-electron chi connectivity index (χ1n) is 42.5. The van der Waals surface area contributed by atoms with Gasteiger partial charge < -0.3 is 20.3 Å². The molecule has 0 saturated carbocycles. The van der Waals surface area contributed by atoms with E-state index < -0.39 is 12.1 Å². The van der Waals surface area contributed by atoms with E-state index in [0.717, 1.165) is 38.5 Å². The second-order valence-electron chi connectivity index (χ2n) is 29.5. The minimum absolute atomic E-state index is 0.0290. The number of unbranched alkanes of at least 4 members (excludes halogenated alkanes) is 70. The van der Waals surface area contributed by atoms with Crippen LogP contribution in [0.2, 0.25) is 0 Å². The maximum Gasteiger partial charge on any atom is 0.305 e. The van der Waals surface area contributed by atoms with Crippen molar-refractivity contribution in [2.75, 3.05) is 13.2 Å². The molecule has 2 atom stereocenters. The van der Waals surface area contributed by atoms with Gasteiger partial charge in [0.15, 0.2) is 0 Å². The fourth-order valence-corrected chi connectivity index (χ4v) is 13.9. The van der Waals surface area contributed by atoms with Gasteiger partial charge in [-0.25, -0.2) is 0 Å². The van der Waals surface area contributed by atoms with E-state index in [2.05, 4.69) is 19.2 Å². The predicted octanol–water partition coefficient (Wildman–Crippen LogP) is 28.2. The van der Waals surface area contributed by atoms with Gasteiger partial charge in [0.25, 0.3) is 0 Å². The topological polar surface area (TPSA) is 95.9 Å². The molecule has 0 aromatic heterocycles. The number of amides is 1. The summed E-state index contributed by atoms with van der Waals surface area (Å²) in [7, 11) is 0. The van der Waals surface area contributed by atoms with Crippen molar-refractivity contribution in [1.29, 1.82) is 0 Å². The van der Waals surface area contributed by atoms with Gasteiger partial charge in [-0.1, -0.05) is 463 Å². The highest BCUT2D eigenvalue weighted by atomic mass is 16.5. The predicted molar refractivity (Wildman–Crippen MR) is 403 cm³/mol. The molecular formula is C85H167NO5. The molecule has 0 rings (SSSR count). The van der Waals surface area contributed by atoms with Gasteiger partial charge in [0.1, 0.15) is 0 Å². The average Bonchev–Trinajstić information content (AvgIpc) is 3.59. The van der Waals surface area contributed by atoms with Crippen LogP contribution in [0, 0.1) is 0 Å². The van der Waals surface area contributed by atoms with Crippen LogP contribution in [0.3, 0.4) is 0 Å². The van der Waals surface area contributed by atoms with Gasteiger partial charge in [-0.15, -0.1) is 0 Å². The molecule has 2 unspecified atom stereocenters. The normalized spacial score (nSPS) is 12.4. The van der Waals surface area contributed by atoms with Crippen molar-refractivity contribution in [1.82, 2.24) is 5.32 Å². The van der Waals surface area contributed by atoms with Gasteiger partial charge in [0.2, 0.25) is 5.91 Å². The molecule has 0 aromatic carbocycles. The standard InChI is InChI=1S/C85H167NO5/c1-3-5-7-9-11-13-15-17-19-21-42-45-49-53-57-61-65-69-73-77-83(88)82(81-87)86-84(89)78-74-70-66-62-58-54-50-46-43-40-38-36-34-32-30-28-26-24-23-25-27-29-31-33-35-37-39-41-44-48-52-56-60-64-68-72-76-80-91-85(90)79-75-71-67-63-59-55-51-47-22-20-18-16-14-12-10-8-6-4-2/h73,77,82-83,87-88H,3-72,74-76,78-81H2,1-2H3,(H,86,89)/b77-73+. The van der Waals surface area contributed by atoms with E-state index in [0.29, 0.717) is 19.4 Å². The molecule has 0 spiro atoms. The summed E-state index contributed by atoms with van der Waals surface area (Å²) in [5.41, 5.74) is 0. The number of nitrogens with one attached hydrogen (secondary N) is 1. The Morgan fingerprint density at radius 3 is 0.747 bits per heavy atom. The van der Waals surface area contributed by atoms with Crippen molar-refractivity contribution >= 4 is 11.9 Å². The molecule has 0 bridgehead atoms. The van der Waals surface area contributed by atoms with Gasteiger partial charge in [0, 0.05) is 12.8 Å². The number of esters is 1. The highest BCUT2D eigenvalue weighted by molar-refractivity contribution is 5.76. The second-order valence-corrected chi connectivity index (χ2v) is 29.5. The third-order valence-corrected chi connectivity index (χ3v) is 20.3. The van der Waals surface area contributed by atoms with Crippen LogP contribution < -0.4 is 5.32 Å². The number of carbonyl (C=O) groups excluding carboxylic acids is 2. The molecule has 0 saturated heterocycles. The van der Waals surface area contributed by atoms with Crippen LogP contribution in [0.4, 0.5) is 0 Å². The van der Waals surface area contributed by atoms with Crippen LogP contribution in [0.15, 0.2) is 12.2 Å². The number of rotatable bonds is 81. The Hall–Kier alpha value is -1.40. The third kappa shape index (κ3) is 77.5. The maximum absolute atomic E-state index is 12.5. The summed E-state index contributed by atoms with van der Waals surface area (Å²) < 4.78 is 5.52. The lowest BCUT2D eigenvalue weighted by Crippen LogP contribution is -2.45. The van der Waals surface area contributed by atoms with Crippen LogP contribution in [-0.2, 0) is 14.3 Å². The van der Waals surface area contributed by atoms with E-state index in [1.54, 1.807) is 6.08 Å². The zero-order chi connectivity index (χ0) is 65.6. The summed E-state index contributed by atoms with van der Waals surface area (Å²) in [6.07, 6.45) is 104. The SMILES string of the molecule is CCCCCCCCCCCCCCCCCCC/C=C/C(O)C(CO)NC(=O)CCCCCCCCCCCCCCCCCCCCCCCCCCCCCCCCCCCCCCCOC(=O)CCCCCCCCCCCCCCCCCCCC. The summed E-state index contributed by atoms with van der Waals surface area (Å²) in [5.74, 6) is -0.0282. The molecular weight excluding hydrogens is 1110 g/mol. The Balaban J connectivity index is 3.30. The summed E-state index contributed by atoms with van der Waals surface area (Å²) >= 11 is 0. The van der Waals surface area contributed by atoms with E-state index in [1.165, 1.54) is 430 Å². The minimum Gasteiger partial charge on any atom is -0.466 e. The maximum atomic E-state index is 12.5. The lowest BCUT2D eigenvalue weighted by molar-refractivity contribution is -0.143. The number of aliphatic hydroxyl groups excluding tert-OH is 2. The lowest BCUT2D eigenvalue weighted by Gasteiger charge is -2.20. The van der Waals surface area contributed by atoms with Gasteiger partial charge in [-0.3, -0.25) is 9.59 Å². The van der Waals surface area contributed by atoms with E-state index in [9.17, 15) is 19.8 Å². The highest BCUT2D eigenvalue weighted by Crippen LogP contribution is 2.21. The van der Waals surface area contributed by atoms with Gasteiger partial charge in [-0.2, -0.15) is 0 Å². The Morgan fingerprint density at radius 1 is 0.297 bits per heavy atom. The summed E-state index contributed by atoms with van der Waals surface area (Å²) in [4.78, 5) is 24.7. The fourth-order valence-electron chi connectivity index (χ4n) is 13.9. The monoisotopic (exact) mass is 1280 g/mol. The third-order valence-electron chi connectivity index (χ3n) is 20.3. The van der Waals surface area contributed by atoms with Crippen molar-refractivity contribution in [2.24, 2.45) is 0 Å². The van der Waals surface area contributed by atoms with E-state index in [4.69, 9.17) is 4.74 Å². The molecule has 0 heterocycles. The zero-order valence-corrected chi connectivity index (χ0v) is 62.4. The number of hydrogen-bond donors (Lipinski definition) is 3. The average molecular weight is 1280 g/mol. The Morgan fingerprint density at radius 2 is 0.505 bits per heavy atom. The molecule has 6 nitrogen and oxygen atoms in total. The molecule has 0 fully saturated rings. The van der Waals surface area contributed by atoms with Crippen LogP contribution in [0.1, 0.15) is 495 Å². The van der Waals surface area contributed by atoms with Crippen molar-refractivity contribution in [2.45, 2.75) is 508 Å². The molecule has 542 valence electrons. The van der Waals surface area contributed by atoms with E-state index in [1.807, 2.05) is 6.08 Å². The molecule has 6 heteroatoms. The van der Waals surface area contributed by atoms with Crippen molar-refractivity contribution in [3.63, 3.8) is 0 Å². The Labute approximate surface area is 571 Å². The minimum atomic E-state index is -0.841. The first-order chi connectivity index (χ1) is 45.0. The van der Waals surface area contributed by atoms with E-state index >= 15 is 0 Å². The van der Waals surface area contributed by atoms with Gasteiger partial charge in [0.05, 0.1) is 25.4 Å².